The van der Waals surface area contributed by atoms with Crippen molar-refractivity contribution in [1.82, 2.24) is 9.55 Å². The van der Waals surface area contributed by atoms with E-state index in [4.69, 9.17) is 10.8 Å². The summed E-state index contributed by atoms with van der Waals surface area (Å²) >= 11 is 0. The normalized spacial score (nSPS) is 10.8. The molecule has 1 amide bonds. The van der Waals surface area contributed by atoms with Crippen LogP contribution in [0.1, 0.15) is 13.3 Å². The number of nitrogens with zero attached hydrogens (tertiary/aromatic N) is 3. The number of aromatic nitrogens is 2. The van der Waals surface area contributed by atoms with E-state index in [1.165, 1.54) is 7.05 Å². The molecule has 0 aliphatic carbocycles. The summed E-state index contributed by atoms with van der Waals surface area (Å²) in [6.45, 7) is 2.87. The van der Waals surface area contributed by atoms with Crippen molar-refractivity contribution in [3.63, 3.8) is 0 Å². The standard InChI is InChI=1S/C12H16N4O2/c1-3-6-16-10-5-4-8(15(2)12(17)18)7-9(10)14-11(16)13/h4-5,7H,3,6H2,1-2H3,(H2,13,14)(H,17,18). The molecule has 0 fully saturated rings. The molecule has 0 aliphatic rings. The molecule has 6 nitrogen and oxygen atoms in total. The Bertz CT molecular complexity index is 591. The predicted molar refractivity (Wildman–Crippen MR) is 70.9 cm³/mol. The van der Waals surface area contributed by atoms with Crippen molar-refractivity contribution in [3.05, 3.63) is 18.2 Å². The summed E-state index contributed by atoms with van der Waals surface area (Å²) in [6.07, 6.45) is -0.0396. The number of carboxylic acid groups (broad SMARTS) is 1. The summed E-state index contributed by atoms with van der Waals surface area (Å²) in [7, 11) is 1.50. The number of anilines is 2. The molecule has 3 N–H and O–H groups in total. The van der Waals surface area contributed by atoms with Gasteiger partial charge in [-0.3, -0.25) is 4.90 Å². The molecule has 2 aromatic rings. The summed E-state index contributed by atoms with van der Waals surface area (Å²) in [6, 6.07) is 5.33. The summed E-state index contributed by atoms with van der Waals surface area (Å²) in [4.78, 5) is 16.3. The molecule has 0 atom stereocenters. The fraction of sp³-hybridized carbons (Fsp3) is 0.333. The highest BCUT2D eigenvalue weighted by atomic mass is 16.4. The van der Waals surface area contributed by atoms with Crippen LogP contribution in [-0.2, 0) is 6.54 Å². The lowest BCUT2D eigenvalue weighted by Gasteiger charge is -2.12. The molecule has 2 rings (SSSR count). The Morgan fingerprint density at radius 2 is 2.28 bits per heavy atom. The van der Waals surface area contributed by atoms with E-state index in [9.17, 15) is 4.79 Å². The van der Waals surface area contributed by atoms with Gasteiger partial charge in [-0.25, -0.2) is 9.78 Å². The topological polar surface area (TPSA) is 84.4 Å². The zero-order chi connectivity index (χ0) is 13.3. The third-order valence-corrected chi connectivity index (χ3v) is 2.88. The largest absolute Gasteiger partial charge is 0.465 e. The van der Waals surface area contributed by atoms with Crippen LogP contribution < -0.4 is 10.6 Å². The van der Waals surface area contributed by atoms with Crippen molar-refractivity contribution >= 4 is 28.8 Å². The minimum absolute atomic E-state index is 0.460. The molecule has 1 aromatic carbocycles. The minimum atomic E-state index is -1.00. The Morgan fingerprint density at radius 3 is 2.89 bits per heavy atom. The van der Waals surface area contributed by atoms with E-state index in [0.717, 1.165) is 23.4 Å². The lowest BCUT2D eigenvalue weighted by Crippen LogP contribution is -2.23. The number of benzene rings is 1. The highest BCUT2D eigenvalue weighted by Gasteiger charge is 2.12. The Labute approximate surface area is 105 Å². The van der Waals surface area contributed by atoms with Crippen LogP contribution in [0.2, 0.25) is 0 Å². The lowest BCUT2D eigenvalue weighted by molar-refractivity contribution is 0.203. The Balaban J connectivity index is 2.50. The maximum Gasteiger partial charge on any atom is 0.411 e. The molecule has 0 radical (unpaired) electrons. The first kappa shape index (κ1) is 12.2. The number of amides is 1. The van der Waals surface area contributed by atoms with E-state index >= 15 is 0 Å². The Morgan fingerprint density at radius 1 is 1.56 bits per heavy atom. The van der Waals surface area contributed by atoms with Gasteiger partial charge in [0.05, 0.1) is 11.0 Å². The van der Waals surface area contributed by atoms with Crippen LogP contribution in [0.3, 0.4) is 0 Å². The number of fused-ring (bicyclic) bond motifs is 1. The number of nitrogens with two attached hydrogens (primary N) is 1. The zero-order valence-electron chi connectivity index (χ0n) is 10.4. The summed E-state index contributed by atoms with van der Waals surface area (Å²) in [5.41, 5.74) is 8.07. The van der Waals surface area contributed by atoms with Crippen LogP contribution in [-0.4, -0.2) is 27.8 Å². The van der Waals surface area contributed by atoms with Crippen molar-refractivity contribution in [2.24, 2.45) is 0 Å². The van der Waals surface area contributed by atoms with Gasteiger partial charge in [-0.05, 0) is 24.6 Å². The number of hydrogen-bond donors (Lipinski definition) is 2. The molecule has 6 heteroatoms. The van der Waals surface area contributed by atoms with Gasteiger partial charge >= 0.3 is 6.09 Å². The molecular formula is C12H16N4O2. The molecule has 96 valence electrons. The molecule has 0 bridgehead atoms. The Hall–Kier alpha value is -2.24. The second-order valence-corrected chi connectivity index (χ2v) is 4.14. The van der Waals surface area contributed by atoms with Crippen molar-refractivity contribution < 1.29 is 9.90 Å². The van der Waals surface area contributed by atoms with Crippen molar-refractivity contribution in [3.8, 4) is 0 Å². The second kappa shape index (κ2) is 4.56. The monoisotopic (exact) mass is 248 g/mol. The van der Waals surface area contributed by atoms with Gasteiger partial charge in [0, 0.05) is 19.3 Å². The van der Waals surface area contributed by atoms with Crippen molar-refractivity contribution in [2.75, 3.05) is 17.7 Å². The van der Waals surface area contributed by atoms with Crippen molar-refractivity contribution in [2.45, 2.75) is 19.9 Å². The molecule has 0 spiro atoms. The van der Waals surface area contributed by atoms with Gasteiger partial charge in [-0.1, -0.05) is 6.92 Å². The van der Waals surface area contributed by atoms with Gasteiger partial charge in [0.15, 0.2) is 0 Å². The van der Waals surface area contributed by atoms with E-state index in [-0.39, 0.29) is 0 Å². The van der Waals surface area contributed by atoms with Gasteiger partial charge in [0.1, 0.15) is 0 Å². The molecule has 1 heterocycles. The smallest absolute Gasteiger partial charge is 0.411 e. The highest BCUT2D eigenvalue weighted by Crippen LogP contribution is 2.23. The second-order valence-electron chi connectivity index (χ2n) is 4.14. The molecule has 0 aliphatic heterocycles. The van der Waals surface area contributed by atoms with Gasteiger partial charge < -0.3 is 15.4 Å². The van der Waals surface area contributed by atoms with Crippen LogP contribution in [0.5, 0.6) is 0 Å². The van der Waals surface area contributed by atoms with Crippen LogP contribution in [0.15, 0.2) is 18.2 Å². The zero-order valence-corrected chi connectivity index (χ0v) is 10.4. The summed E-state index contributed by atoms with van der Waals surface area (Å²) in [5.74, 6) is 0.460. The van der Waals surface area contributed by atoms with Crippen LogP contribution in [0, 0.1) is 0 Å². The number of rotatable bonds is 3. The SMILES string of the molecule is CCCn1c(N)nc2cc(N(C)C(=O)O)ccc21. The van der Waals surface area contributed by atoms with Crippen LogP contribution in [0.25, 0.3) is 11.0 Å². The number of nitrogen functional groups attached to an aromatic ring is 1. The van der Waals surface area contributed by atoms with E-state index in [1.54, 1.807) is 12.1 Å². The number of imidazole rings is 1. The van der Waals surface area contributed by atoms with Crippen LogP contribution in [0.4, 0.5) is 16.4 Å². The van der Waals surface area contributed by atoms with E-state index < -0.39 is 6.09 Å². The third-order valence-electron chi connectivity index (χ3n) is 2.88. The highest BCUT2D eigenvalue weighted by molar-refractivity contribution is 5.90. The first-order valence-electron chi connectivity index (χ1n) is 5.77. The average molecular weight is 248 g/mol. The minimum Gasteiger partial charge on any atom is -0.465 e. The van der Waals surface area contributed by atoms with Gasteiger partial charge in [0.25, 0.3) is 0 Å². The maximum atomic E-state index is 10.9. The molecule has 0 unspecified atom stereocenters. The van der Waals surface area contributed by atoms with Gasteiger partial charge in [-0.15, -0.1) is 0 Å². The van der Waals surface area contributed by atoms with E-state index in [0.29, 0.717) is 17.2 Å². The lowest BCUT2D eigenvalue weighted by atomic mass is 10.2. The quantitative estimate of drug-likeness (QED) is 0.871. The van der Waals surface area contributed by atoms with Gasteiger partial charge in [-0.2, -0.15) is 0 Å². The summed E-state index contributed by atoms with van der Waals surface area (Å²) in [5, 5.41) is 8.93. The molecule has 0 saturated heterocycles. The number of carbonyl (C=O) groups is 1. The first-order valence-corrected chi connectivity index (χ1v) is 5.77. The number of aryl methyl sites for hydroxylation is 1. The maximum absolute atomic E-state index is 10.9. The molecule has 1 aromatic heterocycles. The van der Waals surface area contributed by atoms with Crippen LogP contribution >= 0.6 is 0 Å². The van der Waals surface area contributed by atoms with Crippen molar-refractivity contribution in [1.29, 1.82) is 0 Å². The third kappa shape index (κ3) is 1.97. The predicted octanol–water partition coefficient (Wildman–Crippen LogP) is 2.14. The molecule has 0 saturated carbocycles. The van der Waals surface area contributed by atoms with E-state index in [2.05, 4.69) is 11.9 Å². The fourth-order valence-corrected chi connectivity index (χ4v) is 1.91. The molecular weight excluding hydrogens is 232 g/mol. The fourth-order valence-electron chi connectivity index (χ4n) is 1.91. The van der Waals surface area contributed by atoms with E-state index in [1.807, 2.05) is 10.6 Å². The first-order chi connectivity index (χ1) is 8.54. The average Bonchev–Trinajstić information content (AvgIpc) is 2.64. The molecule has 18 heavy (non-hydrogen) atoms. The Kier molecular flexibility index (Phi) is 3.10. The number of hydrogen-bond acceptors (Lipinski definition) is 3. The summed E-state index contributed by atoms with van der Waals surface area (Å²) < 4.78 is 1.93. The van der Waals surface area contributed by atoms with Gasteiger partial charge in [0.2, 0.25) is 5.95 Å².